The summed E-state index contributed by atoms with van der Waals surface area (Å²) in [6.45, 7) is 6.30. The van der Waals surface area contributed by atoms with E-state index in [1.54, 1.807) is 18.2 Å². The van der Waals surface area contributed by atoms with Crippen LogP contribution in [0.25, 0.3) is 11.8 Å². The maximum atomic E-state index is 13.5. The van der Waals surface area contributed by atoms with Crippen molar-refractivity contribution in [2.75, 3.05) is 4.90 Å². The highest BCUT2D eigenvalue weighted by Crippen LogP contribution is 2.28. The molecule has 2 heterocycles. The highest BCUT2D eigenvalue weighted by molar-refractivity contribution is 9.10. The molecule has 3 aromatic carbocycles. The molecule has 1 aromatic heterocycles. The van der Waals surface area contributed by atoms with Crippen LogP contribution in [-0.4, -0.2) is 22.4 Å². The zero-order valence-electron chi connectivity index (χ0n) is 22.4. The quantitative estimate of drug-likeness (QED) is 0.191. The molecule has 1 aliphatic heterocycles. The summed E-state index contributed by atoms with van der Waals surface area (Å²) in [6.07, 6.45) is 2.19. The van der Waals surface area contributed by atoms with Gasteiger partial charge in [0.25, 0.3) is 11.8 Å². The summed E-state index contributed by atoms with van der Waals surface area (Å²) in [5.74, 6) is -0.609. The molecule has 0 atom stereocenters. The van der Waals surface area contributed by atoms with Gasteiger partial charge < -0.3 is 9.30 Å². The first-order chi connectivity index (χ1) is 19.3. The van der Waals surface area contributed by atoms with Gasteiger partial charge in [0.1, 0.15) is 17.9 Å². The van der Waals surface area contributed by atoms with Crippen molar-refractivity contribution in [1.29, 1.82) is 0 Å². The van der Waals surface area contributed by atoms with Crippen molar-refractivity contribution >= 4 is 45.5 Å². The van der Waals surface area contributed by atoms with Crippen LogP contribution in [0.1, 0.15) is 35.0 Å². The van der Waals surface area contributed by atoms with E-state index < -0.39 is 17.8 Å². The maximum absolute atomic E-state index is 13.5. The normalized spacial score (nSPS) is 14.6. The Bertz CT molecular complexity index is 1640. The lowest BCUT2D eigenvalue weighted by Gasteiger charge is -2.28. The molecule has 0 radical (unpaired) electrons. The first kappa shape index (κ1) is 27.1. The Morgan fingerprint density at radius 1 is 0.925 bits per heavy atom. The number of barbiturate groups is 1. The van der Waals surface area contributed by atoms with Gasteiger partial charge in [0, 0.05) is 21.5 Å². The molecule has 1 fully saturated rings. The number of aromatic nitrogens is 1. The van der Waals surface area contributed by atoms with Gasteiger partial charge in [0.2, 0.25) is 0 Å². The van der Waals surface area contributed by atoms with Gasteiger partial charge in [-0.2, -0.15) is 0 Å². The molecule has 4 aromatic rings. The second kappa shape index (κ2) is 11.4. The maximum Gasteiger partial charge on any atom is 0.335 e. The first-order valence-corrected chi connectivity index (χ1v) is 13.7. The van der Waals surface area contributed by atoms with Crippen LogP contribution in [0.4, 0.5) is 10.5 Å². The molecule has 1 N–H and O–H groups in total. The lowest BCUT2D eigenvalue weighted by atomic mass is 10.0. The molecule has 0 bridgehead atoms. The van der Waals surface area contributed by atoms with Crippen molar-refractivity contribution in [2.24, 2.45) is 0 Å². The summed E-state index contributed by atoms with van der Waals surface area (Å²) in [5.41, 5.74) is 5.70. The number of hydrogen-bond donors (Lipinski definition) is 1. The third-order valence-electron chi connectivity index (χ3n) is 6.90. The average Bonchev–Trinajstić information content (AvgIpc) is 3.23. The summed E-state index contributed by atoms with van der Waals surface area (Å²) < 4.78 is 9.01. The number of ether oxygens (including phenoxy) is 1. The number of aryl methyl sites for hydroxylation is 2. The summed E-state index contributed by atoms with van der Waals surface area (Å²) in [4.78, 5) is 40.0. The van der Waals surface area contributed by atoms with Crippen molar-refractivity contribution in [1.82, 2.24) is 9.88 Å². The van der Waals surface area contributed by atoms with Crippen LogP contribution in [0.5, 0.6) is 5.75 Å². The van der Waals surface area contributed by atoms with Crippen LogP contribution in [-0.2, 0) is 22.6 Å². The van der Waals surface area contributed by atoms with E-state index in [1.165, 1.54) is 0 Å². The summed E-state index contributed by atoms with van der Waals surface area (Å²) >= 11 is 3.44. The van der Waals surface area contributed by atoms with Crippen LogP contribution in [0.2, 0.25) is 0 Å². The fourth-order valence-corrected chi connectivity index (χ4v) is 5.09. The Morgan fingerprint density at radius 2 is 1.62 bits per heavy atom. The number of halogens is 1. The van der Waals surface area contributed by atoms with E-state index in [1.807, 2.05) is 92.1 Å². The molecule has 4 amide bonds. The molecule has 0 unspecified atom stereocenters. The van der Waals surface area contributed by atoms with E-state index in [-0.39, 0.29) is 5.57 Å². The highest BCUT2D eigenvalue weighted by atomic mass is 79.9. The van der Waals surface area contributed by atoms with Crippen LogP contribution in [0.15, 0.2) is 88.9 Å². The molecule has 202 valence electrons. The van der Waals surface area contributed by atoms with Crippen molar-refractivity contribution < 1.29 is 19.1 Å². The van der Waals surface area contributed by atoms with Crippen molar-refractivity contribution in [3.8, 4) is 11.4 Å². The van der Waals surface area contributed by atoms with Gasteiger partial charge in [-0.1, -0.05) is 53.2 Å². The molecule has 40 heavy (non-hydrogen) atoms. The molecule has 7 nitrogen and oxygen atoms in total. The topological polar surface area (TPSA) is 80.6 Å². The molecule has 1 aliphatic rings. The largest absolute Gasteiger partial charge is 0.489 e. The average molecular weight is 598 g/mol. The molecule has 5 rings (SSSR count). The number of hydrogen-bond acceptors (Lipinski definition) is 4. The molecule has 1 saturated heterocycles. The Balaban J connectivity index is 1.40. The fraction of sp³-hybridized carbons (Fsp3) is 0.156. The van der Waals surface area contributed by atoms with E-state index in [0.29, 0.717) is 24.3 Å². The Hall–Kier alpha value is -4.43. The van der Waals surface area contributed by atoms with Crippen LogP contribution >= 0.6 is 15.9 Å². The Morgan fingerprint density at radius 3 is 2.33 bits per heavy atom. The number of amides is 4. The summed E-state index contributed by atoms with van der Waals surface area (Å²) in [7, 11) is 0. The van der Waals surface area contributed by atoms with Gasteiger partial charge in [-0.3, -0.25) is 14.9 Å². The van der Waals surface area contributed by atoms with E-state index in [0.717, 1.165) is 43.3 Å². The predicted molar refractivity (Wildman–Crippen MR) is 159 cm³/mol. The fourth-order valence-electron chi connectivity index (χ4n) is 4.83. The number of nitrogens with one attached hydrogen (secondary N) is 1. The van der Waals surface area contributed by atoms with Gasteiger partial charge in [-0.15, -0.1) is 0 Å². The summed E-state index contributed by atoms with van der Waals surface area (Å²) in [5, 5.41) is 2.32. The van der Waals surface area contributed by atoms with E-state index in [4.69, 9.17) is 4.74 Å². The smallest absolute Gasteiger partial charge is 0.335 e. The number of rotatable bonds is 7. The highest BCUT2D eigenvalue weighted by Gasteiger charge is 2.37. The number of carbonyl (C=O) groups excluding carboxylic acids is 3. The van der Waals surface area contributed by atoms with Gasteiger partial charge in [0.15, 0.2) is 0 Å². The monoisotopic (exact) mass is 597 g/mol. The number of imide groups is 2. The minimum atomic E-state index is -0.749. The van der Waals surface area contributed by atoms with Gasteiger partial charge in [0.05, 0.1) is 5.69 Å². The van der Waals surface area contributed by atoms with E-state index in [2.05, 4.69) is 21.2 Å². The third kappa shape index (κ3) is 5.35. The zero-order chi connectivity index (χ0) is 28.4. The Labute approximate surface area is 241 Å². The molecular weight excluding hydrogens is 570 g/mol. The second-order valence-electron chi connectivity index (χ2n) is 9.51. The number of anilines is 1. The van der Waals surface area contributed by atoms with Gasteiger partial charge in [-0.25, -0.2) is 9.69 Å². The number of para-hydroxylation sites is 1. The van der Waals surface area contributed by atoms with Crippen molar-refractivity contribution in [3.63, 3.8) is 0 Å². The predicted octanol–water partition coefficient (Wildman–Crippen LogP) is 6.66. The minimum absolute atomic E-state index is 0.0950. The van der Waals surface area contributed by atoms with Gasteiger partial charge >= 0.3 is 6.03 Å². The van der Waals surface area contributed by atoms with Crippen molar-refractivity contribution in [3.05, 3.63) is 117 Å². The number of carbonyl (C=O) groups is 3. The molecule has 8 heteroatoms. The standard InChI is InChI=1S/C32H28BrN3O4/c1-4-23-7-5-6-8-29(23)36-31(38)28(30(37)34-32(36)39)18-24-17-20(2)35(21(24)3)26-13-15-27(16-14-26)40-19-22-9-11-25(33)12-10-22/h5-18H,4,19H2,1-3H3,(H,34,37,39)/b28-18+. The number of nitrogens with zero attached hydrogens (tertiary/aromatic N) is 2. The third-order valence-corrected chi connectivity index (χ3v) is 7.43. The second-order valence-corrected chi connectivity index (χ2v) is 10.4. The number of benzene rings is 3. The molecule has 0 saturated carbocycles. The molecule has 0 aliphatic carbocycles. The lowest BCUT2D eigenvalue weighted by Crippen LogP contribution is -2.54. The lowest BCUT2D eigenvalue weighted by molar-refractivity contribution is -0.122. The number of urea groups is 1. The Kier molecular flexibility index (Phi) is 7.71. The first-order valence-electron chi connectivity index (χ1n) is 12.9. The molecule has 0 spiro atoms. The van der Waals surface area contributed by atoms with Crippen LogP contribution in [0, 0.1) is 13.8 Å². The van der Waals surface area contributed by atoms with Gasteiger partial charge in [-0.05, 0) is 91.6 Å². The van der Waals surface area contributed by atoms with E-state index in [9.17, 15) is 14.4 Å². The SMILES string of the molecule is CCc1ccccc1N1C(=O)NC(=O)/C(=C\c2cc(C)n(-c3ccc(OCc4ccc(Br)cc4)cc3)c2C)C1=O. The molecular formula is C32H28BrN3O4. The van der Waals surface area contributed by atoms with Crippen molar-refractivity contribution in [2.45, 2.75) is 33.8 Å². The summed E-state index contributed by atoms with van der Waals surface area (Å²) in [6, 6.07) is 24.1. The minimum Gasteiger partial charge on any atom is -0.489 e. The van der Waals surface area contributed by atoms with Crippen LogP contribution in [0.3, 0.4) is 0 Å². The zero-order valence-corrected chi connectivity index (χ0v) is 24.0. The van der Waals surface area contributed by atoms with Crippen LogP contribution < -0.4 is 15.0 Å². The van der Waals surface area contributed by atoms with E-state index >= 15 is 0 Å².